The van der Waals surface area contributed by atoms with Crippen molar-refractivity contribution < 1.29 is 9.84 Å². The summed E-state index contributed by atoms with van der Waals surface area (Å²) in [4.78, 5) is 0. The lowest BCUT2D eigenvalue weighted by Crippen LogP contribution is -1.95. The van der Waals surface area contributed by atoms with Crippen molar-refractivity contribution >= 4 is 11.6 Å². The van der Waals surface area contributed by atoms with Crippen molar-refractivity contribution in [3.05, 3.63) is 64.7 Å². The molecule has 0 amide bonds. The summed E-state index contributed by atoms with van der Waals surface area (Å²) in [5, 5.41) is 9.36. The lowest BCUT2D eigenvalue weighted by atomic mass is 10.2. The molecule has 0 fully saturated rings. The first kappa shape index (κ1) is 14.5. The second-order valence-electron chi connectivity index (χ2n) is 4.22. The highest BCUT2D eigenvalue weighted by atomic mass is 35.5. The van der Waals surface area contributed by atoms with Crippen LogP contribution in [-0.4, -0.2) is 11.7 Å². The molecule has 0 radical (unpaired) electrons. The van der Waals surface area contributed by atoms with Gasteiger partial charge in [-0.2, -0.15) is 0 Å². The molecule has 2 rings (SSSR count). The highest BCUT2D eigenvalue weighted by molar-refractivity contribution is 6.30. The van der Waals surface area contributed by atoms with Crippen LogP contribution in [0.25, 0.3) is 0 Å². The summed E-state index contributed by atoms with van der Waals surface area (Å²) < 4.78 is 5.68. The van der Waals surface area contributed by atoms with Gasteiger partial charge in [-0.1, -0.05) is 35.6 Å². The predicted octanol–water partition coefficient (Wildman–Crippen LogP) is 3.65. The van der Waals surface area contributed by atoms with Crippen LogP contribution in [0.2, 0.25) is 5.02 Å². The van der Waals surface area contributed by atoms with E-state index < -0.39 is 0 Å². The number of hydrogen-bond donors (Lipinski definition) is 1. The number of ether oxygens (including phenoxy) is 1. The highest BCUT2D eigenvalue weighted by Gasteiger charge is 1.97. The van der Waals surface area contributed by atoms with Crippen LogP contribution < -0.4 is 4.74 Å². The minimum atomic E-state index is 0.0911. The zero-order valence-corrected chi connectivity index (χ0v) is 11.7. The SMILES string of the molecule is OCCC#Cc1ccc(OCc2cccc(Cl)c2)cc1. The van der Waals surface area contributed by atoms with Crippen LogP contribution in [0, 0.1) is 11.8 Å². The van der Waals surface area contributed by atoms with Crippen LogP contribution in [0.5, 0.6) is 5.75 Å². The number of halogens is 1. The molecule has 2 aromatic rings. The fraction of sp³-hybridized carbons (Fsp3) is 0.176. The second-order valence-corrected chi connectivity index (χ2v) is 4.65. The molecule has 0 aromatic heterocycles. The summed E-state index contributed by atoms with van der Waals surface area (Å²) in [6.07, 6.45) is 0.493. The van der Waals surface area contributed by atoms with Gasteiger partial charge >= 0.3 is 0 Å². The molecule has 0 heterocycles. The molecule has 20 heavy (non-hydrogen) atoms. The first-order chi connectivity index (χ1) is 9.78. The van der Waals surface area contributed by atoms with Crippen LogP contribution in [0.1, 0.15) is 17.5 Å². The van der Waals surface area contributed by atoms with Crippen molar-refractivity contribution in [1.82, 2.24) is 0 Å². The molecule has 1 N–H and O–H groups in total. The Balaban J connectivity index is 1.93. The number of hydrogen-bond acceptors (Lipinski definition) is 2. The maximum absolute atomic E-state index is 8.65. The van der Waals surface area contributed by atoms with Crippen molar-refractivity contribution in [3.8, 4) is 17.6 Å². The molecule has 2 nitrogen and oxygen atoms in total. The number of aliphatic hydroxyl groups is 1. The van der Waals surface area contributed by atoms with E-state index in [0.717, 1.165) is 16.9 Å². The fourth-order valence-electron chi connectivity index (χ4n) is 1.65. The summed E-state index contributed by atoms with van der Waals surface area (Å²) in [5.41, 5.74) is 1.94. The predicted molar refractivity (Wildman–Crippen MR) is 80.8 cm³/mol. The Morgan fingerprint density at radius 2 is 1.90 bits per heavy atom. The van der Waals surface area contributed by atoms with Crippen LogP contribution in [-0.2, 0) is 6.61 Å². The van der Waals surface area contributed by atoms with E-state index >= 15 is 0 Å². The van der Waals surface area contributed by atoms with E-state index in [1.807, 2.05) is 48.5 Å². The third-order valence-electron chi connectivity index (χ3n) is 2.62. The van der Waals surface area contributed by atoms with Crippen LogP contribution in [0.15, 0.2) is 48.5 Å². The zero-order chi connectivity index (χ0) is 14.2. The summed E-state index contributed by atoms with van der Waals surface area (Å²) >= 11 is 5.92. The molecule has 0 spiro atoms. The van der Waals surface area contributed by atoms with Gasteiger partial charge in [0.05, 0.1) is 6.61 Å². The molecule has 3 heteroatoms. The monoisotopic (exact) mass is 286 g/mol. The lowest BCUT2D eigenvalue weighted by molar-refractivity contribution is 0.305. The average Bonchev–Trinajstić information content (AvgIpc) is 2.47. The van der Waals surface area contributed by atoms with Crippen molar-refractivity contribution in [2.24, 2.45) is 0 Å². The van der Waals surface area contributed by atoms with Gasteiger partial charge in [0.2, 0.25) is 0 Å². The maximum Gasteiger partial charge on any atom is 0.119 e. The van der Waals surface area contributed by atoms with Crippen molar-refractivity contribution in [1.29, 1.82) is 0 Å². The normalized spacial score (nSPS) is 9.70. The Kier molecular flexibility index (Phi) is 5.49. The standard InChI is InChI=1S/C17H15ClO2/c18-16-6-3-5-15(12-16)13-20-17-9-7-14(8-10-17)4-1-2-11-19/h3,5-10,12,19H,2,11,13H2. The summed E-state index contributed by atoms with van der Waals surface area (Å²) in [6.45, 7) is 0.573. The molecule has 0 aliphatic rings. The summed E-state index contributed by atoms with van der Waals surface area (Å²) in [5.74, 6) is 6.64. The minimum Gasteiger partial charge on any atom is -0.489 e. The van der Waals surface area contributed by atoms with E-state index in [1.54, 1.807) is 0 Å². The molecule has 102 valence electrons. The zero-order valence-electron chi connectivity index (χ0n) is 11.0. The second kappa shape index (κ2) is 7.59. The molecule has 2 aromatic carbocycles. The van der Waals surface area contributed by atoms with Crippen LogP contribution in [0.4, 0.5) is 0 Å². The van der Waals surface area contributed by atoms with Gasteiger partial charge in [0.25, 0.3) is 0 Å². The van der Waals surface area contributed by atoms with Gasteiger partial charge < -0.3 is 9.84 Å². The van der Waals surface area contributed by atoms with E-state index in [1.165, 1.54) is 0 Å². The van der Waals surface area contributed by atoms with Gasteiger partial charge in [-0.3, -0.25) is 0 Å². The number of aliphatic hydroxyl groups excluding tert-OH is 1. The lowest BCUT2D eigenvalue weighted by Gasteiger charge is -2.06. The molecule has 0 saturated carbocycles. The quantitative estimate of drug-likeness (QED) is 0.869. The Morgan fingerprint density at radius 3 is 2.60 bits per heavy atom. The fourth-order valence-corrected chi connectivity index (χ4v) is 1.86. The summed E-state index contributed by atoms with van der Waals surface area (Å²) in [7, 11) is 0. The molecule has 0 unspecified atom stereocenters. The number of rotatable bonds is 4. The molecule has 0 saturated heterocycles. The van der Waals surface area contributed by atoms with Gasteiger partial charge in [-0.15, -0.1) is 0 Å². The first-order valence-corrected chi connectivity index (χ1v) is 6.73. The van der Waals surface area contributed by atoms with Gasteiger partial charge in [0, 0.05) is 17.0 Å². The Morgan fingerprint density at radius 1 is 1.10 bits per heavy atom. The van der Waals surface area contributed by atoms with Crippen molar-refractivity contribution in [2.75, 3.05) is 6.61 Å². The van der Waals surface area contributed by atoms with Gasteiger partial charge in [-0.05, 0) is 42.0 Å². The van der Waals surface area contributed by atoms with E-state index in [0.29, 0.717) is 18.1 Å². The molecule has 0 bridgehead atoms. The highest BCUT2D eigenvalue weighted by Crippen LogP contribution is 2.16. The first-order valence-electron chi connectivity index (χ1n) is 6.35. The van der Waals surface area contributed by atoms with Gasteiger partial charge in [-0.25, -0.2) is 0 Å². The van der Waals surface area contributed by atoms with E-state index in [-0.39, 0.29) is 6.61 Å². The van der Waals surface area contributed by atoms with Gasteiger partial charge in [0.15, 0.2) is 0 Å². The van der Waals surface area contributed by atoms with Crippen LogP contribution in [0.3, 0.4) is 0 Å². The molecular formula is C17H15ClO2. The maximum atomic E-state index is 8.65. The van der Waals surface area contributed by atoms with Crippen molar-refractivity contribution in [2.45, 2.75) is 13.0 Å². The van der Waals surface area contributed by atoms with Gasteiger partial charge in [0.1, 0.15) is 12.4 Å². The minimum absolute atomic E-state index is 0.0911. The average molecular weight is 287 g/mol. The van der Waals surface area contributed by atoms with Crippen molar-refractivity contribution in [3.63, 3.8) is 0 Å². The van der Waals surface area contributed by atoms with Crippen LogP contribution >= 0.6 is 11.6 Å². The Labute approximate surface area is 124 Å². The van der Waals surface area contributed by atoms with E-state index in [9.17, 15) is 0 Å². The third kappa shape index (κ3) is 4.62. The topological polar surface area (TPSA) is 29.5 Å². The molecule has 0 atom stereocenters. The third-order valence-corrected chi connectivity index (χ3v) is 2.85. The number of benzene rings is 2. The molecule has 0 aliphatic heterocycles. The smallest absolute Gasteiger partial charge is 0.119 e. The largest absolute Gasteiger partial charge is 0.489 e. The Bertz CT molecular complexity index is 609. The van der Waals surface area contributed by atoms with E-state index in [4.69, 9.17) is 21.4 Å². The molecular weight excluding hydrogens is 272 g/mol. The van der Waals surface area contributed by atoms with E-state index in [2.05, 4.69) is 11.8 Å². The summed E-state index contributed by atoms with van der Waals surface area (Å²) in [6, 6.07) is 15.2. The Hall–Kier alpha value is -1.95. The molecule has 0 aliphatic carbocycles.